The lowest BCUT2D eigenvalue weighted by Crippen LogP contribution is -2.38. The average Bonchev–Trinajstić information content (AvgIpc) is 3.91. The van der Waals surface area contributed by atoms with E-state index in [0.717, 1.165) is 57.3 Å². The van der Waals surface area contributed by atoms with Gasteiger partial charge in [-0.2, -0.15) is 0 Å². The quantitative estimate of drug-likeness (QED) is 0.252. The molecule has 9 atom stereocenters. The Hall–Kier alpha value is -4.05. The molecule has 0 saturated carbocycles. The van der Waals surface area contributed by atoms with Crippen molar-refractivity contribution in [2.24, 2.45) is 47.3 Å². The Kier molecular flexibility index (Phi) is 10.5. The number of hydrogen-bond acceptors (Lipinski definition) is 3. The fourth-order valence-corrected chi connectivity index (χ4v) is 15.9. The predicted molar refractivity (Wildman–Crippen MR) is 261 cm³/mol. The summed E-state index contributed by atoms with van der Waals surface area (Å²) in [5.74, 6) is 4.97. The molecule has 3 heteroatoms. The number of thiophene rings is 1. The smallest absolute Gasteiger partial charge is 0.0547 e. The molecule has 0 amide bonds. The van der Waals surface area contributed by atoms with E-state index < -0.39 is 0 Å². The zero-order valence-corrected chi connectivity index (χ0v) is 37.4. The summed E-state index contributed by atoms with van der Waals surface area (Å²) in [5, 5.41) is 2.11. The molecule has 0 bridgehead atoms. The van der Waals surface area contributed by atoms with Crippen LogP contribution in [0.1, 0.15) is 100 Å². The second-order valence-electron chi connectivity index (χ2n) is 19.5. The Morgan fingerprint density at radius 2 is 1.48 bits per heavy atom. The van der Waals surface area contributed by atoms with Gasteiger partial charge in [-0.05, 0) is 177 Å². The van der Waals surface area contributed by atoms with Crippen LogP contribution in [0, 0.1) is 47.3 Å². The van der Waals surface area contributed by atoms with Gasteiger partial charge < -0.3 is 4.90 Å². The largest absolute Gasteiger partial charge is 0.313 e. The lowest BCUT2D eigenvalue weighted by molar-refractivity contribution is 0.155. The Labute approximate surface area is 373 Å². The first-order valence-electron chi connectivity index (χ1n) is 24.2. The normalized spacial score (nSPS) is 34.3. The van der Waals surface area contributed by atoms with E-state index in [0.29, 0.717) is 46.7 Å². The van der Waals surface area contributed by atoms with E-state index in [2.05, 4.69) is 162 Å². The minimum absolute atomic E-state index is 0.430. The van der Waals surface area contributed by atoms with Crippen LogP contribution < -0.4 is 9.75 Å². The monoisotopic (exact) mass is 835 g/mol. The summed E-state index contributed by atoms with van der Waals surface area (Å²) in [6, 6.07) is 0. The minimum Gasteiger partial charge on any atom is -0.313 e. The van der Waals surface area contributed by atoms with Crippen LogP contribution in [0.3, 0.4) is 0 Å². The van der Waals surface area contributed by atoms with E-state index in [-0.39, 0.29) is 0 Å². The molecule has 0 spiro atoms. The third-order valence-electron chi connectivity index (χ3n) is 16.1. The molecule has 0 saturated heterocycles. The second kappa shape index (κ2) is 16.6. The van der Waals surface area contributed by atoms with E-state index in [1.54, 1.807) is 16.0 Å². The molecule has 1 aromatic rings. The van der Waals surface area contributed by atoms with Crippen LogP contribution >= 0.6 is 23.1 Å². The summed E-state index contributed by atoms with van der Waals surface area (Å²) in [5.41, 5.74) is 12.0. The van der Waals surface area contributed by atoms with Crippen LogP contribution in [-0.2, 0) is 6.42 Å². The van der Waals surface area contributed by atoms with Crippen molar-refractivity contribution in [2.45, 2.75) is 102 Å². The van der Waals surface area contributed by atoms with Gasteiger partial charge in [-0.1, -0.05) is 122 Å². The fraction of sp³-hybridized carbons (Fsp3) is 0.414. The average molecular weight is 836 g/mol. The van der Waals surface area contributed by atoms with E-state index >= 15 is 0 Å². The van der Waals surface area contributed by atoms with Crippen LogP contribution in [0.15, 0.2) is 161 Å². The van der Waals surface area contributed by atoms with Crippen molar-refractivity contribution in [3.05, 3.63) is 181 Å². The van der Waals surface area contributed by atoms with Crippen molar-refractivity contribution in [1.82, 2.24) is 4.90 Å². The molecule has 0 N–H and O–H groups in total. The SMILES string of the molecule is C1=CC(C2=CCCc3c2sc2c3=CCCC=2N(C2=CCC(C3=CC4C5=C(C=CCC5)SC4C=C3)C=C2)C2=CC[C@@H](C3C=C[C@H](C4C=CCCC4)C4C=CCCC43)C=C2)=CCC1. The zero-order chi connectivity index (χ0) is 40.3. The molecule has 10 aliphatic carbocycles. The molecule has 1 nitrogen and oxygen atoms in total. The van der Waals surface area contributed by atoms with E-state index in [9.17, 15) is 0 Å². The molecule has 0 radical (unpaired) electrons. The van der Waals surface area contributed by atoms with Crippen LogP contribution in [0.5, 0.6) is 0 Å². The first-order valence-corrected chi connectivity index (χ1v) is 25.9. The third-order valence-corrected chi connectivity index (χ3v) is 18.8. The molecule has 310 valence electrons. The van der Waals surface area contributed by atoms with Crippen LogP contribution in [0.25, 0.3) is 17.3 Å². The van der Waals surface area contributed by atoms with Gasteiger partial charge in [0.05, 0.1) is 4.53 Å². The highest BCUT2D eigenvalue weighted by Crippen LogP contribution is 2.52. The standard InChI is InChI=1S/C58H61NS2/c1-3-13-39(14-4-1)45-34-35-46(49-18-8-7-17-48(45)49)41-27-32-44(33-28-41)59(43-30-25-38(26-31-43)42-29-36-56-53(37-42)50-19-9-10-24-55(50)60-56)54-23-12-22-52-51-21-11-20-47(57(51)61-58(52)54)40-15-5-2-6-16-40/h3,5,7,10,13,15-17,20,22,24-25,27,29-39,41,45-46,48-49,53,56H,1-2,4,6,8-9,11-12,14,18-19,21,23,26,28H2/t38?,39?,41-,45+,46?,48?,49?,53?,56?/m0/s1. The summed E-state index contributed by atoms with van der Waals surface area (Å²) in [6.45, 7) is 0. The van der Waals surface area contributed by atoms with Crippen molar-refractivity contribution in [2.75, 3.05) is 0 Å². The number of thioether (sulfide) groups is 1. The maximum absolute atomic E-state index is 2.73. The van der Waals surface area contributed by atoms with Gasteiger partial charge in [0.25, 0.3) is 0 Å². The van der Waals surface area contributed by atoms with Gasteiger partial charge >= 0.3 is 0 Å². The second-order valence-corrected chi connectivity index (χ2v) is 21.7. The molecular weight excluding hydrogens is 775 g/mol. The van der Waals surface area contributed by atoms with Crippen LogP contribution in [-0.4, -0.2) is 10.1 Å². The van der Waals surface area contributed by atoms with E-state index in [4.69, 9.17) is 0 Å². The lowest BCUT2D eigenvalue weighted by Gasteiger charge is -2.45. The molecule has 1 aromatic heterocycles. The topological polar surface area (TPSA) is 3.24 Å². The number of hydrogen-bond donors (Lipinski definition) is 0. The van der Waals surface area contributed by atoms with Crippen molar-refractivity contribution in [1.29, 1.82) is 0 Å². The molecular formula is C58H61NS2. The molecule has 1 aliphatic heterocycles. The Morgan fingerprint density at radius 1 is 0.590 bits per heavy atom. The number of rotatable bonds is 7. The number of nitrogens with zero attached hydrogens (tertiary/aromatic N) is 1. The van der Waals surface area contributed by atoms with Crippen molar-refractivity contribution >= 4 is 40.4 Å². The summed E-state index contributed by atoms with van der Waals surface area (Å²) in [4.78, 5) is 5.79. The van der Waals surface area contributed by atoms with E-state index in [1.807, 2.05) is 0 Å². The van der Waals surface area contributed by atoms with Gasteiger partial charge in [0.15, 0.2) is 0 Å². The van der Waals surface area contributed by atoms with Crippen molar-refractivity contribution in [3.63, 3.8) is 0 Å². The molecule has 61 heavy (non-hydrogen) atoms. The van der Waals surface area contributed by atoms with E-state index in [1.165, 1.54) is 93.4 Å². The third kappa shape index (κ3) is 7.05. The molecule has 7 unspecified atom stereocenters. The van der Waals surface area contributed by atoms with Gasteiger partial charge in [-0.25, -0.2) is 0 Å². The highest BCUT2D eigenvalue weighted by molar-refractivity contribution is 8.04. The first kappa shape index (κ1) is 38.6. The predicted octanol–water partition coefficient (Wildman–Crippen LogP) is 13.8. The maximum atomic E-state index is 2.73. The highest BCUT2D eigenvalue weighted by Gasteiger charge is 2.41. The van der Waals surface area contributed by atoms with Gasteiger partial charge in [-0.15, -0.1) is 23.1 Å². The maximum Gasteiger partial charge on any atom is 0.0547 e. The summed E-state index contributed by atoms with van der Waals surface area (Å²) in [7, 11) is 0. The van der Waals surface area contributed by atoms with Gasteiger partial charge in [0, 0.05) is 44.0 Å². The fourth-order valence-electron chi connectivity index (χ4n) is 13.0. The van der Waals surface area contributed by atoms with Crippen molar-refractivity contribution < 1.29 is 0 Å². The Balaban J connectivity index is 0.881. The van der Waals surface area contributed by atoms with Crippen LogP contribution in [0.4, 0.5) is 0 Å². The molecule has 12 rings (SSSR count). The zero-order valence-electron chi connectivity index (χ0n) is 35.8. The number of fused-ring (bicyclic) bond motifs is 6. The molecule has 0 fully saturated rings. The summed E-state index contributed by atoms with van der Waals surface area (Å²) in [6.07, 6.45) is 73.6. The first-order chi connectivity index (χ1) is 30.2. The number of allylic oxidation sites excluding steroid dienone is 24. The highest BCUT2D eigenvalue weighted by atomic mass is 32.2. The Bertz CT molecular complexity index is 2560. The van der Waals surface area contributed by atoms with Gasteiger partial charge in [0.1, 0.15) is 0 Å². The lowest BCUT2D eigenvalue weighted by atomic mass is 9.59. The van der Waals surface area contributed by atoms with Gasteiger partial charge in [0.2, 0.25) is 0 Å². The van der Waals surface area contributed by atoms with Crippen molar-refractivity contribution in [3.8, 4) is 0 Å². The molecule has 11 aliphatic rings. The minimum atomic E-state index is 0.430. The van der Waals surface area contributed by atoms with Crippen LogP contribution in [0.2, 0.25) is 0 Å². The Morgan fingerprint density at radius 3 is 2.33 bits per heavy atom. The summed E-state index contributed by atoms with van der Waals surface area (Å²) < 4.78 is 1.51. The molecule has 2 heterocycles. The van der Waals surface area contributed by atoms with Gasteiger partial charge in [-0.3, -0.25) is 0 Å². The summed E-state index contributed by atoms with van der Waals surface area (Å²) >= 11 is 4.17. The molecule has 0 aromatic carbocycles.